The summed E-state index contributed by atoms with van der Waals surface area (Å²) in [6, 6.07) is 8.31. The summed E-state index contributed by atoms with van der Waals surface area (Å²) >= 11 is 14.5. The van der Waals surface area contributed by atoms with Crippen LogP contribution in [0.15, 0.2) is 44.7 Å². The Morgan fingerprint density at radius 2 is 1.92 bits per heavy atom. The number of nitrogens with zero attached hydrogens (tertiary/aromatic N) is 3. The number of hydrogen-bond donors (Lipinski definition) is 0. The number of rotatable bonds is 10. The third-order valence-corrected chi connectivity index (χ3v) is 9.71. The number of carbonyl (C=O) groups is 1. The summed E-state index contributed by atoms with van der Waals surface area (Å²) in [6.45, 7) is 5.84. The van der Waals surface area contributed by atoms with E-state index in [4.69, 9.17) is 32.5 Å². The van der Waals surface area contributed by atoms with Gasteiger partial charge in [0.05, 0.1) is 22.8 Å². The molecule has 0 radical (unpaired) electrons. The normalized spacial score (nSPS) is 22.8. The lowest BCUT2D eigenvalue weighted by Crippen LogP contribution is -2.23. The van der Waals surface area contributed by atoms with E-state index < -0.39 is 5.82 Å². The highest BCUT2D eigenvalue weighted by Crippen LogP contribution is 2.47. The van der Waals surface area contributed by atoms with Gasteiger partial charge in [0.2, 0.25) is 0 Å². The molecule has 0 spiro atoms. The van der Waals surface area contributed by atoms with Gasteiger partial charge in [-0.1, -0.05) is 34.4 Å². The number of thioether (sulfide) groups is 1. The zero-order chi connectivity index (χ0) is 27.1. The first-order chi connectivity index (χ1) is 18.9. The zero-order valence-corrected chi connectivity index (χ0v) is 23.6. The van der Waals surface area contributed by atoms with Gasteiger partial charge in [0.25, 0.3) is 0 Å². The molecular weight excluding hydrogens is 560 g/mol. The van der Waals surface area contributed by atoms with Crippen molar-refractivity contribution in [3.63, 3.8) is 0 Å². The molecule has 0 amide bonds. The molecule has 2 unspecified atom stereocenters. The van der Waals surface area contributed by atoms with E-state index >= 15 is 0 Å². The second-order valence-corrected chi connectivity index (χ2v) is 12.4. The molecule has 6 rings (SSSR count). The molecule has 0 bridgehead atoms. The molecule has 1 aliphatic heterocycles. The first kappa shape index (κ1) is 27.0. The minimum Gasteiger partial charge on any atom is -0.373 e. The van der Waals surface area contributed by atoms with E-state index in [1.165, 1.54) is 17.8 Å². The number of ether oxygens (including phenoxy) is 1. The Balaban J connectivity index is 1.07. The maximum atomic E-state index is 14.3. The SMILES string of the molecule is C=Nc1c(F)cc(C=O)cc1SCN1CC2CC(OCc3c(-c4c(Cl)cccc4Cl)noc3C3CC3)C[C@H]2C1. The standard InChI is InChI=1S/C29H28Cl2FN3O3S/c1-33-28-24(32)7-16(13-36)8-25(28)39-15-35-11-18-9-20(10-19(18)12-35)37-14-21-27(34-38-29(21)17-5-6-17)26-22(30)3-2-4-23(26)31/h2-4,7-8,13,17-20H,1,5-6,9-12,14-15H2/t18-,19?,20?/m0/s1. The maximum Gasteiger partial charge on any atom is 0.150 e. The number of aromatic nitrogens is 1. The highest BCUT2D eigenvalue weighted by Gasteiger charge is 2.42. The molecule has 39 heavy (non-hydrogen) atoms. The quantitative estimate of drug-likeness (QED) is 0.137. The predicted octanol–water partition coefficient (Wildman–Crippen LogP) is 7.79. The van der Waals surface area contributed by atoms with Crippen LogP contribution in [0.1, 0.15) is 53.3 Å². The minimum atomic E-state index is -0.520. The Morgan fingerprint density at radius 3 is 2.56 bits per heavy atom. The fourth-order valence-electron chi connectivity index (χ4n) is 5.92. The lowest BCUT2D eigenvalue weighted by molar-refractivity contribution is 0.0375. The molecule has 3 fully saturated rings. The van der Waals surface area contributed by atoms with Crippen LogP contribution in [0.4, 0.5) is 10.1 Å². The van der Waals surface area contributed by atoms with Crippen molar-refractivity contribution in [2.24, 2.45) is 16.8 Å². The number of carbonyl (C=O) groups excluding carboxylic acids is 1. The van der Waals surface area contributed by atoms with Gasteiger partial charge in [-0.05, 0) is 68.5 Å². The van der Waals surface area contributed by atoms with Crippen molar-refractivity contribution in [1.82, 2.24) is 10.1 Å². The molecular formula is C29H28Cl2FN3O3S. The minimum absolute atomic E-state index is 0.168. The van der Waals surface area contributed by atoms with Gasteiger partial charge in [-0.25, -0.2) is 4.39 Å². The monoisotopic (exact) mass is 587 g/mol. The van der Waals surface area contributed by atoms with E-state index in [2.05, 4.69) is 21.8 Å². The molecule has 3 aliphatic rings. The van der Waals surface area contributed by atoms with Crippen molar-refractivity contribution >= 4 is 53.7 Å². The van der Waals surface area contributed by atoms with Gasteiger partial charge in [-0.2, -0.15) is 0 Å². The van der Waals surface area contributed by atoms with Gasteiger partial charge in [-0.3, -0.25) is 14.7 Å². The molecule has 3 atom stereocenters. The number of halogens is 3. The Hall–Kier alpha value is -2.23. The topological polar surface area (TPSA) is 67.9 Å². The lowest BCUT2D eigenvalue weighted by Gasteiger charge is -2.19. The Bertz CT molecular complexity index is 1380. The number of hydrogen-bond acceptors (Lipinski definition) is 7. The van der Waals surface area contributed by atoms with Crippen molar-refractivity contribution in [3.8, 4) is 11.3 Å². The van der Waals surface area contributed by atoms with Crippen molar-refractivity contribution in [3.05, 3.63) is 63.1 Å². The van der Waals surface area contributed by atoms with Crippen LogP contribution in [0.2, 0.25) is 10.0 Å². The molecule has 1 aromatic heterocycles. The highest BCUT2D eigenvalue weighted by molar-refractivity contribution is 7.99. The molecule has 10 heteroatoms. The summed E-state index contributed by atoms with van der Waals surface area (Å²) in [4.78, 5) is 18.0. The average molecular weight is 589 g/mol. The molecule has 0 N–H and O–H groups in total. The summed E-state index contributed by atoms with van der Waals surface area (Å²) in [6.07, 6.45) is 4.99. The third-order valence-electron chi connectivity index (χ3n) is 7.96. The van der Waals surface area contributed by atoms with Crippen LogP contribution in [-0.2, 0) is 11.3 Å². The van der Waals surface area contributed by atoms with Crippen LogP contribution in [0.3, 0.4) is 0 Å². The van der Waals surface area contributed by atoms with Crippen LogP contribution < -0.4 is 0 Å². The van der Waals surface area contributed by atoms with E-state index in [1.807, 2.05) is 18.2 Å². The zero-order valence-electron chi connectivity index (χ0n) is 21.2. The number of benzene rings is 2. The molecule has 1 saturated heterocycles. The number of aldehydes is 1. The molecule has 204 valence electrons. The van der Waals surface area contributed by atoms with E-state index in [0.717, 1.165) is 50.1 Å². The van der Waals surface area contributed by atoms with E-state index in [1.54, 1.807) is 6.07 Å². The maximum absolute atomic E-state index is 14.3. The summed E-state index contributed by atoms with van der Waals surface area (Å²) in [7, 11) is 0. The summed E-state index contributed by atoms with van der Waals surface area (Å²) < 4.78 is 26.5. The van der Waals surface area contributed by atoms with Gasteiger partial charge in [0.15, 0.2) is 5.82 Å². The molecule has 3 aromatic rings. The van der Waals surface area contributed by atoms with Crippen LogP contribution in [0.5, 0.6) is 0 Å². The van der Waals surface area contributed by atoms with E-state index in [9.17, 15) is 9.18 Å². The van der Waals surface area contributed by atoms with Crippen LogP contribution in [0.25, 0.3) is 11.3 Å². The van der Waals surface area contributed by atoms with Crippen molar-refractivity contribution in [2.45, 2.75) is 49.2 Å². The molecule has 2 aromatic carbocycles. The fourth-order valence-corrected chi connectivity index (χ4v) is 7.55. The Morgan fingerprint density at radius 1 is 1.21 bits per heavy atom. The van der Waals surface area contributed by atoms with Gasteiger partial charge >= 0.3 is 0 Å². The summed E-state index contributed by atoms with van der Waals surface area (Å²) in [5.74, 6) is 2.56. The van der Waals surface area contributed by atoms with Crippen molar-refractivity contribution in [1.29, 1.82) is 0 Å². The number of likely N-dealkylation sites (tertiary alicyclic amines) is 1. The van der Waals surface area contributed by atoms with Crippen LogP contribution in [-0.4, -0.2) is 48.1 Å². The van der Waals surface area contributed by atoms with Crippen molar-refractivity contribution < 1.29 is 18.4 Å². The first-order valence-corrected chi connectivity index (χ1v) is 14.8. The summed E-state index contributed by atoms with van der Waals surface area (Å²) in [5.41, 5.74) is 2.84. The number of fused-ring (bicyclic) bond motifs is 1. The molecule has 2 aliphatic carbocycles. The van der Waals surface area contributed by atoms with Gasteiger partial charge < -0.3 is 9.26 Å². The molecule has 2 heterocycles. The second kappa shape index (κ2) is 11.3. The highest BCUT2D eigenvalue weighted by atomic mass is 35.5. The van der Waals surface area contributed by atoms with Crippen LogP contribution >= 0.6 is 35.0 Å². The number of aliphatic imine (C=N–C) groups is 1. The van der Waals surface area contributed by atoms with Crippen molar-refractivity contribution in [2.75, 3.05) is 19.0 Å². The predicted molar refractivity (Wildman–Crippen MR) is 152 cm³/mol. The summed E-state index contributed by atoms with van der Waals surface area (Å²) in [5, 5.41) is 5.46. The second-order valence-electron chi connectivity index (χ2n) is 10.6. The third kappa shape index (κ3) is 5.55. The average Bonchev–Trinajstić information content (AvgIpc) is 3.40. The Labute approximate surface area is 240 Å². The molecule has 2 saturated carbocycles. The van der Waals surface area contributed by atoms with E-state index in [-0.39, 0.29) is 11.8 Å². The fraction of sp³-hybridized carbons (Fsp3) is 0.414. The van der Waals surface area contributed by atoms with Gasteiger partial charge in [0, 0.05) is 46.5 Å². The smallest absolute Gasteiger partial charge is 0.150 e. The van der Waals surface area contributed by atoms with E-state index in [0.29, 0.717) is 68.3 Å². The largest absolute Gasteiger partial charge is 0.373 e. The van der Waals surface area contributed by atoms with Gasteiger partial charge in [-0.15, -0.1) is 11.8 Å². The van der Waals surface area contributed by atoms with Crippen LogP contribution in [0, 0.1) is 17.7 Å². The van der Waals surface area contributed by atoms with Gasteiger partial charge in [0.1, 0.15) is 23.4 Å². The lowest BCUT2D eigenvalue weighted by atomic mass is 10.0. The first-order valence-electron chi connectivity index (χ1n) is 13.1. The molecule has 6 nitrogen and oxygen atoms in total. The Kier molecular flexibility index (Phi) is 7.84.